The lowest BCUT2D eigenvalue weighted by atomic mass is 10.1. The molecule has 8 heteroatoms. The van der Waals surface area contributed by atoms with E-state index in [9.17, 15) is 18.9 Å². The lowest BCUT2D eigenvalue weighted by Gasteiger charge is -2.11. The largest absolute Gasteiger partial charge is 0.483 e. The number of unbranched alkanes of at least 4 members (excludes halogenated alkanes) is 1. The number of benzene rings is 2. The Morgan fingerprint density at radius 1 is 1.27 bits per heavy atom. The molecule has 2 aromatic rings. The topological polar surface area (TPSA) is 61.6 Å². The van der Waals surface area contributed by atoms with E-state index in [-0.39, 0.29) is 33.4 Å². The van der Waals surface area contributed by atoms with E-state index in [1.165, 1.54) is 25.1 Å². The molecule has 0 aromatic heterocycles. The molecule has 2 rings (SSSR count). The number of nitro benzene ring substituents is 1. The first-order valence-corrected chi connectivity index (χ1v) is 8.34. The van der Waals surface area contributed by atoms with Crippen LogP contribution in [0.2, 0.25) is 0 Å². The minimum Gasteiger partial charge on any atom is -0.483 e. The summed E-state index contributed by atoms with van der Waals surface area (Å²) < 4.78 is 38.2. The zero-order valence-electron chi connectivity index (χ0n) is 14.3. The van der Waals surface area contributed by atoms with Crippen molar-refractivity contribution >= 4 is 23.0 Å². The Labute approximate surface area is 154 Å². The third-order valence-corrected chi connectivity index (χ3v) is 3.97. The molecule has 0 aliphatic rings. The van der Waals surface area contributed by atoms with Crippen LogP contribution in [-0.4, -0.2) is 16.6 Å². The standard InChI is InChI=1S/C18H17F2NO4S/c1-3-4-9-24-18(26)13-10-12(5-7-15(13)21(22)23)25-16-8-6-14(19)11(2)17(16)20/h5-8,10H,3-4,9H2,1-2H3. The van der Waals surface area contributed by atoms with Crippen LogP contribution in [0.3, 0.4) is 0 Å². The molecule has 0 spiro atoms. The van der Waals surface area contributed by atoms with Crippen molar-refractivity contribution in [2.75, 3.05) is 6.61 Å². The zero-order chi connectivity index (χ0) is 19.3. The van der Waals surface area contributed by atoms with Gasteiger partial charge in [0.2, 0.25) is 0 Å². The molecular formula is C18H17F2NO4S. The number of hydrogen-bond donors (Lipinski definition) is 0. The average molecular weight is 381 g/mol. The highest BCUT2D eigenvalue weighted by molar-refractivity contribution is 7.80. The molecule has 0 bridgehead atoms. The first-order valence-electron chi connectivity index (χ1n) is 7.93. The van der Waals surface area contributed by atoms with Crippen LogP contribution in [0.15, 0.2) is 30.3 Å². The lowest BCUT2D eigenvalue weighted by Crippen LogP contribution is -2.08. The summed E-state index contributed by atoms with van der Waals surface area (Å²) in [6.07, 6.45) is 1.64. The van der Waals surface area contributed by atoms with Crippen molar-refractivity contribution in [3.05, 3.63) is 63.2 Å². The maximum atomic E-state index is 14.1. The van der Waals surface area contributed by atoms with Crippen molar-refractivity contribution in [2.45, 2.75) is 26.7 Å². The van der Waals surface area contributed by atoms with Gasteiger partial charge in [-0.1, -0.05) is 13.3 Å². The van der Waals surface area contributed by atoms with Gasteiger partial charge in [0.25, 0.3) is 5.69 Å². The van der Waals surface area contributed by atoms with Crippen LogP contribution in [0.4, 0.5) is 14.5 Å². The van der Waals surface area contributed by atoms with Gasteiger partial charge in [-0.3, -0.25) is 10.1 Å². The van der Waals surface area contributed by atoms with E-state index in [1.807, 2.05) is 6.92 Å². The smallest absolute Gasteiger partial charge is 0.281 e. The Bertz CT molecular complexity index is 842. The third-order valence-electron chi connectivity index (χ3n) is 3.63. The second-order valence-corrected chi connectivity index (χ2v) is 5.88. The summed E-state index contributed by atoms with van der Waals surface area (Å²) >= 11 is 5.12. The molecule has 0 heterocycles. The van der Waals surface area contributed by atoms with E-state index < -0.39 is 16.6 Å². The predicted octanol–water partition coefficient (Wildman–Crippen LogP) is 5.47. The first kappa shape index (κ1) is 19.7. The van der Waals surface area contributed by atoms with Gasteiger partial charge in [0, 0.05) is 11.6 Å². The predicted molar refractivity (Wildman–Crippen MR) is 96.8 cm³/mol. The minimum absolute atomic E-state index is 0.0358. The molecule has 0 saturated carbocycles. The fourth-order valence-electron chi connectivity index (χ4n) is 2.13. The zero-order valence-corrected chi connectivity index (χ0v) is 15.1. The monoisotopic (exact) mass is 381 g/mol. The van der Waals surface area contributed by atoms with Gasteiger partial charge < -0.3 is 9.47 Å². The molecule has 0 aliphatic carbocycles. The quantitative estimate of drug-likeness (QED) is 0.276. The summed E-state index contributed by atoms with van der Waals surface area (Å²) in [5.41, 5.74) is -0.351. The molecule has 0 aliphatic heterocycles. The molecular weight excluding hydrogens is 364 g/mol. The second-order valence-electron chi connectivity index (χ2n) is 5.51. The highest BCUT2D eigenvalue weighted by Crippen LogP contribution is 2.31. The van der Waals surface area contributed by atoms with Gasteiger partial charge in [0.15, 0.2) is 16.6 Å². The molecule has 26 heavy (non-hydrogen) atoms. The maximum Gasteiger partial charge on any atom is 0.281 e. The Morgan fingerprint density at radius 3 is 2.65 bits per heavy atom. The van der Waals surface area contributed by atoms with E-state index in [4.69, 9.17) is 21.7 Å². The number of hydrogen-bond acceptors (Lipinski definition) is 5. The van der Waals surface area contributed by atoms with Gasteiger partial charge in [0.1, 0.15) is 17.1 Å². The Morgan fingerprint density at radius 2 is 2.00 bits per heavy atom. The van der Waals surface area contributed by atoms with Gasteiger partial charge in [0.05, 0.1) is 11.5 Å². The first-order chi connectivity index (χ1) is 12.3. The SMILES string of the molecule is CCCCOC(=S)c1cc(Oc2ccc(F)c(C)c2F)ccc1[N+](=O)[O-]. The van der Waals surface area contributed by atoms with Gasteiger partial charge in [-0.15, -0.1) is 0 Å². The van der Waals surface area contributed by atoms with Crippen molar-refractivity contribution in [3.63, 3.8) is 0 Å². The lowest BCUT2D eigenvalue weighted by molar-refractivity contribution is -0.385. The van der Waals surface area contributed by atoms with Crippen molar-refractivity contribution in [2.24, 2.45) is 0 Å². The Kier molecular flexibility index (Phi) is 6.57. The molecule has 0 unspecified atom stereocenters. The highest BCUT2D eigenvalue weighted by atomic mass is 32.1. The van der Waals surface area contributed by atoms with Crippen molar-refractivity contribution in [3.8, 4) is 11.5 Å². The number of nitrogens with zero attached hydrogens (tertiary/aromatic N) is 1. The number of ether oxygens (including phenoxy) is 2. The number of nitro groups is 1. The van der Waals surface area contributed by atoms with Gasteiger partial charge >= 0.3 is 0 Å². The molecule has 0 amide bonds. The molecule has 5 nitrogen and oxygen atoms in total. The summed E-state index contributed by atoms with van der Waals surface area (Å²) in [5, 5.41) is 11.2. The number of halogens is 2. The molecule has 0 atom stereocenters. The number of thiocarbonyl (C=S) groups is 1. The van der Waals surface area contributed by atoms with Crippen LogP contribution in [0, 0.1) is 28.7 Å². The van der Waals surface area contributed by atoms with Crippen LogP contribution in [0.1, 0.15) is 30.9 Å². The summed E-state index contributed by atoms with van der Waals surface area (Å²) in [6, 6.07) is 6.06. The third kappa shape index (κ3) is 4.51. The van der Waals surface area contributed by atoms with E-state index in [1.54, 1.807) is 0 Å². The molecule has 0 saturated heterocycles. The van der Waals surface area contributed by atoms with E-state index >= 15 is 0 Å². The van der Waals surface area contributed by atoms with Crippen molar-refractivity contribution in [1.82, 2.24) is 0 Å². The normalized spacial score (nSPS) is 10.5. The average Bonchev–Trinajstić information content (AvgIpc) is 2.62. The fourth-order valence-corrected chi connectivity index (χ4v) is 2.38. The highest BCUT2D eigenvalue weighted by Gasteiger charge is 2.20. The summed E-state index contributed by atoms with van der Waals surface area (Å²) in [4.78, 5) is 10.6. The molecule has 0 N–H and O–H groups in total. The van der Waals surface area contributed by atoms with Gasteiger partial charge in [-0.05, 0) is 49.8 Å². The second kappa shape index (κ2) is 8.66. The Hall–Kier alpha value is -2.61. The van der Waals surface area contributed by atoms with E-state index in [0.717, 1.165) is 25.0 Å². The maximum absolute atomic E-state index is 14.1. The molecule has 0 fully saturated rings. The summed E-state index contributed by atoms with van der Waals surface area (Å²) in [6.45, 7) is 3.60. The van der Waals surface area contributed by atoms with Crippen LogP contribution in [-0.2, 0) is 4.74 Å². The van der Waals surface area contributed by atoms with Gasteiger partial charge in [-0.2, -0.15) is 0 Å². The molecule has 138 valence electrons. The molecule has 0 radical (unpaired) electrons. The van der Waals surface area contributed by atoms with E-state index in [2.05, 4.69) is 0 Å². The molecule has 2 aromatic carbocycles. The van der Waals surface area contributed by atoms with Crippen LogP contribution in [0.5, 0.6) is 11.5 Å². The Balaban J connectivity index is 2.33. The van der Waals surface area contributed by atoms with Crippen molar-refractivity contribution in [1.29, 1.82) is 0 Å². The summed E-state index contributed by atoms with van der Waals surface area (Å²) in [7, 11) is 0. The summed E-state index contributed by atoms with van der Waals surface area (Å²) in [5.74, 6) is -1.60. The van der Waals surface area contributed by atoms with Crippen LogP contribution >= 0.6 is 12.2 Å². The van der Waals surface area contributed by atoms with E-state index in [0.29, 0.717) is 6.61 Å². The van der Waals surface area contributed by atoms with Crippen LogP contribution < -0.4 is 4.74 Å². The minimum atomic E-state index is -0.841. The number of rotatable bonds is 7. The van der Waals surface area contributed by atoms with Gasteiger partial charge in [-0.25, -0.2) is 8.78 Å². The fraction of sp³-hybridized carbons (Fsp3) is 0.278. The van der Waals surface area contributed by atoms with Crippen LogP contribution in [0.25, 0.3) is 0 Å². The van der Waals surface area contributed by atoms with Crippen molar-refractivity contribution < 1.29 is 23.2 Å².